The summed E-state index contributed by atoms with van der Waals surface area (Å²) in [5, 5.41) is 0. The quantitative estimate of drug-likeness (QED) is 0.605. The molecule has 0 aliphatic rings. The first kappa shape index (κ1) is 10.5. The molecule has 3 N–H and O–H groups in total. The van der Waals surface area contributed by atoms with Gasteiger partial charge in [0.1, 0.15) is 17.5 Å². The van der Waals surface area contributed by atoms with E-state index in [-0.39, 0.29) is 5.82 Å². The lowest BCUT2D eigenvalue weighted by atomic mass is 10.1. The van der Waals surface area contributed by atoms with E-state index in [0.29, 0.717) is 23.6 Å². The van der Waals surface area contributed by atoms with Gasteiger partial charge in [-0.05, 0) is 11.6 Å². The zero-order valence-electron chi connectivity index (χ0n) is 8.52. The number of halogens is 1. The summed E-state index contributed by atoms with van der Waals surface area (Å²) < 4.78 is 13.4. The molecule has 0 atom stereocenters. The van der Waals surface area contributed by atoms with Crippen molar-refractivity contribution in [3.63, 3.8) is 0 Å². The average molecular weight is 218 g/mol. The largest absolute Gasteiger partial charge is 0.308 e. The van der Waals surface area contributed by atoms with Gasteiger partial charge in [-0.1, -0.05) is 18.2 Å². The summed E-state index contributed by atoms with van der Waals surface area (Å²) in [5.41, 5.74) is 2.99. The van der Waals surface area contributed by atoms with Crippen LogP contribution in [-0.2, 0) is 6.42 Å². The molecule has 0 amide bonds. The summed E-state index contributed by atoms with van der Waals surface area (Å²) in [6.45, 7) is 0. The van der Waals surface area contributed by atoms with E-state index in [1.807, 2.05) is 0 Å². The Hall–Kier alpha value is -2.01. The molecule has 0 saturated heterocycles. The third-order valence-electron chi connectivity index (χ3n) is 2.16. The van der Waals surface area contributed by atoms with Crippen LogP contribution >= 0.6 is 0 Å². The minimum Gasteiger partial charge on any atom is -0.308 e. The number of benzene rings is 1. The van der Waals surface area contributed by atoms with Crippen LogP contribution in [0.15, 0.2) is 36.5 Å². The van der Waals surface area contributed by atoms with Gasteiger partial charge >= 0.3 is 0 Å². The van der Waals surface area contributed by atoms with Gasteiger partial charge in [0, 0.05) is 18.7 Å². The highest BCUT2D eigenvalue weighted by molar-refractivity contribution is 5.32. The molecule has 1 heterocycles. The van der Waals surface area contributed by atoms with Crippen molar-refractivity contribution in [2.75, 3.05) is 5.43 Å². The maximum Gasteiger partial charge on any atom is 0.143 e. The molecule has 0 saturated carbocycles. The van der Waals surface area contributed by atoms with Crippen molar-refractivity contribution in [3.8, 4) is 0 Å². The van der Waals surface area contributed by atoms with Gasteiger partial charge in [-0.3, -0.25) is 0 Å². The van der Waals surface area contributed by atoms with Crippen molar-refractivity contribution in [3.05, 3.63) is 53.7 Å². The van der Waals surface area contributed by atoms with Crippen molar-refractivity contribution in [2.45, 2.75) is 6.42 Å². The molecule has 1 aromatic heterocycles. The second-order valence-electron chi connectivity index (χ2n) is 3.27. The number of anilines is 1. The van der Waals surface area contributed by atoms with E-state index >= 15 is 0 Å². The Kier molecular flexibility index (Phi) is 3.07. The summed E-state index contributed by atoms with van der Waals surface area (Å²) in [6, 6.07) is 8.20. The normalized spacial score (nSPS) is 10.1. The topological polar surface area (TPSA) is 63.8 Å². The summed E-state index contributed by atoms with van der Waals surface area (Å²) in [5.74, 6) is 6.02. The Morgan fingerprint density at radius 2 is 2.06 bits per heavy atom. The zero-order valence-corrected chi connectivity index (χ0v) is 8.52. The molecule has 1 aromatic carbocycles. The maximum absolute atomic E-state index is 13.4. The molecule has 0 unspecified atom stereocenters. The number of rotatable bonds is 3. The van der Waals surface area contributed by atoms with Gasteiger partial charge in [-0.25, -0.2) is 20.2 Å². The lowest BCUT2D eigenvalue weighted by Crippen LogP contribution is -2.10. The Bertz CT molecular complexity index is 487. The smallest absolute Gasteiger partial charge is 0.143 e. The van der Waals surface area contributed by atoms with E-state index < -0.39 is 0 Å². The van der Waals surface area contributed by atoms with Crippen molar-refractivity contribution < 1.29 is 4.39 Å². The number of nitrogens with two attached hydrogens (primary N) is 1. The lowest BCUT2D eigenvalue weighted by Gasteiger charge is -2.03. The van der Waals surface area contributed by atoms with E-state index in [4.69, 9.17) is 5.84 Å². The Labute approximate surface area is 92.3 Å². The fourth-order valence-corrected chi connectivity index (χ4v) is 1.38. The molecule has 16 heavy (non-hydrogen) atoms. The first-order chi connectivity index (χ1) is 7.79. The molecule has 2 rings (SSSR count). The zero-order chi connectivity index (χ0) is 11.4. The summed E-state index contributed by atoms with van der Waals surface area (Å²) >= 11 is 0. The van der Waals surface area contributed by atoms with Crippen LogP contribution in [0.1, 0.15) is 11.4 Å². The molecule has 0 aliphatic carbocycles. The fourth-order valence-electron chi connectivity index (χ4n) is 1.38. The van der Waals surface area contributed by atoms with Gasteiger partial charge in [0.05, 0.1) is 0 Å². The Morgan fingerprint density at radius 1 is 1.25 bits per heavy atom. The van der Waals surface area contributed by atoms with E-state index in [2.05, 4.69) is 15.4 Å². The molecule has 2 aromatic rings. The highest BCUT2D eigenvalue weighted by Gasteiger charge is 2.04. The van der Waals surface area contributed by atoms with Crippen molar-refractivity contribution in [1.82, 2.24) is 9.97 Å². The van der Waals surface area contributed by atoms with Crippen LogP contribution in [0.4, 0.5) is 10.2 Å². The number of nitrogens with one attached hydrogen (secondary N) is 1. The SMILES string of the molecule is NNc1ccnc(Cc2ccccc2F)n1. The predicted molar refractivity (Wildman–Crippen MR) is 59.0 cm³/mol. The van der Waals surface area contributed by atoms with Gasteiger partial charge in [-0.2, -0.15) is 0 Å². The van der Waals surface area contributed by atoms with Crippen LogP contribution in [0, 0.1) is 5.82 Å². The molecule has 0 aliphatic heterocycles. The monoisotopic (exact) mass is 218 g/mol. The minimum atomic E-state index is -0.253. The van der Waals surface area contributed by atoms with Crippen LogP contribution in [0.2, 0.25) is 0 Å². The van der Waals surface area contributed by atoms with Gasteiger partial charge < -0.3 is 5.43 Å². The molecule has 5 heteroatoms. The minimum absolute atomic E-state index is 0.253. The molecular weight excluding hydrogens is 207 g/mol. The molecule has 82 valence electrons. The summed E-state index contributed by atoms with van der Waals surface area (Å²) in [6.07, 6.45) is 1.93. The van der Waals surface area contributed by atoms with Crippen molar-refractivity contribution >= 4 is 5.82 Å². The number of hydrazine groups is 1. The van der Waals surface area contributed by atoms with Crippen LogP contribution in [0.3, 0.4) is 0 Å². The van der Waals surface area contributed by atoms with E-state index in [1.54, 1.807) is 30.5 Å². The van der Waals surface area contributed by atoms with E-state index in [0.717, 1.165) is 0 Å². The van der Waals surface area contributed by atoms with Crippen LogP contribution < -0.4 is 11.3 Å². The number of aromatic nitrogens is 2. The number of nitrogens with zero attached hydrogens (tertiary/aromatic N) is 2. The molecule has 0 fully saturated rings. The first-order valence-electron chi connectivity index (χ1n) is 4.81. The van der Waals surface area contributed by atoms with Gasteiger partial charge in [-0.15, -0.1) is 0 Å². The van der Waals surface area contributed by atoms with Gasteiger partial charge in [0.15, 0.2) is 0 Å². The first-order valence-corrected chi connectivity index (χ1v) is 4.81. The van der Waals surface area contributed by atoms with Crippen molar-refractivity contribution in [1.29, 1.82) is 0 Å². The van der Waals surface area contributed by atoms with E-state index in [9.17, 15) is 4.39 Å². The van der Waals surface area contributed by atoms with E-state index in [1.165, 1.54) is 6.07 Å². The lowest BCUT2D eigenvalue weighted by molar-refractivity contribution is 0.612. The standard InChI is InChI=1S/C11H11FN4/c12-9-4-2-1-3-8(9)7-11-14-6-5-10(15-11)16-13/h1-6H,7,13H2,(H,14,15,16). The van der Waals surface area contributed by atoms with Crippen LogP contribution in [0.5, 0.6) is 0 Å². The van der Waals surface area contributed by atoms with Gasteiger partial charge in [0.25, 0.3) is 0 Å². The Balaban J connectivity index is 2.24. The number of hydrogen-bond acceptors (Lipinski definition) is 4. The molecular formula is C11H11FN4. The van der Waals surface area contributed by atoms with Crippen molar-refractivity contribution in [2.24, 2.45) is 5.84 Å². The third kappa shape index (κ3) is 2.32. The highest BCUT2D eigenvalue weighted by atomic mass is 19.1. The fraction of sp³-hybridized carbons (Fsp3) is 0.0909. The number of nitrogen functional groups attached to an aromatic ring is 1. The summed E-state index contributed by atoms with van der Waals surface area (Å²) in [7, 11) is 0. The highest BCUT2D eigenvalue weighted by Crippen LogP contribution is 2.11. The average Bonchev–Trinajstić information content (AvgIpc) is 2.32. The third-order valence-corrected chi connectivity index (χ3v) is 2.16. The molecule has 0 bridgehead atoms. The predicted octanol–water partition coefficient (Wildman–Crippen LogP) is 1.49. The molecule has 4 nitrogen and oxygen atoms in total. The summed E-state index contributed by atoms with van der Waals surface area (Å²) in [4.78, 5) is 8.16. The Morgan fingerprint density at radius 3 is 2.81 bits per heavy atom. The van der Waals surface area contributed by atoms with Gasteiger partial charge in [0.2, 0.25) is 0 Å². The molecule has 0 radical (unpaired) electrons. The maximum atomic E-state index is 13.4. The van der Waals surface area contributed by atoms with Crippen LogP contribution in [-0.4, -0.2) is 9.97 Å². The number of hydrogen-bond donors (Lipinski definition) is 2. The second kappa shape index (κ2) is 4.67. The second-order valence-corrected chi connectivity index (χ2v) is 3.27. The van der Waals surface area contributed by atoms with Crippen LogP contribution in [0.25, 0.3) is 0 Å². The molecule has 0 spiro atoms.